The molecular formula is C20H26N4O2. The number of amides is 2. The molecule has 1 aromatic heterocycles. The van der Waals surface area contributed by atoms with Crippen molar-refractivity contribution >= 4 is 11.8 Å². The van der Waals surface area contributed by atoms with Crippen LogP contribution in [0.1, 0.15) is 42.4 Å². The SMILES string of the molecule is C[C@H](NC(=O)c1nc(-c2ccccc2)n2c1CCCCC2)C(=O)N(C)C. The molecule has 2 aromatic rings. The molecule has 0 spiro atoms. The highest BCUT2D eigenvalue weighted by atomic mass is 16.2. The summed E-state index contributed by atoms with van der Waals surface area (Å²) in [6.07, 6.45) is 4.11. The van der Waals surface area contributed by atoms with Crippen molar-refractivity contribution in [3.63, 3.8) is 0 Å². The molecule has 138 valence electrons. The fraction of sp³-hybridized carbons (Fsp3) is 0.450. The van der Waals surface area contributed by atoms with Crippen molar-refractivity contribution in [3.8, 4) is 11.4 Å². The molecule has 0 aliphatic carbocycles. The van der Waals surface area contributed by atoms with Gasteiger partial charge >= 0.3 is 0 Å². The summed E-state index contributed by atoms with van der Waals surface area (Å²) in [5, 5.41) is 2.81. The van der Waals surface area contributed by atoms with E-state index in [4.69, 9.17) is 0 Å². The zero-order valence-electron chi connectivity index (χ0n) is 15.7. The second-order valence-corrected chi connectivity index (χ2v) is 6.99. The molecule has 0 saturated heterocycles. The van der Waals surface area contributed by atoms with Crippen LogP contribution >= 0.6 is 0 Å². The second kappa shape index (κ2) is 7.72. The van der Waals surface area contributed by atoms with E-state index in [1.165, 1.54) is 4.90 Å². The van der Waals surface area contributed by atoms with Gasteiger partial charge in [0, 0.05) is 26.2 Å². The van der Waals surface area contributed by atoms with E-state index in [1.54, 1.807) is 21.0 Å². The minimum absolute atomic E-state index is 0.132. The van der Waals surface area contributed by atoms with Crippen LogP contribution in [0.5, 0.6) is 0 Å². The minimum atomic E-state index is -0.583. The molecule has 1 aromatic carbocycles. The van der Waals surface area contributed by atoms with Gasteiger partial charge in [0.25, 0.3) is 5.91 Å². The molecule has 1 aliphatic rings. The van der Waals surface area contributed by atoms with E-state index < -0.39 is 6.04 Å². The van der Waals surface area contributed by atoms with E-state index in [1.807, 2.05) is 30.3 Å². The van der Waals surface area contributed by atoms with Crippen LogP contribution in [0.2, 0.25) is 0 Å². The van der Waals surface area contributed by atoms with Crippen LogP contribution in [-0.4, -0.2) is 46.4 Å². The van der Waals surface area contributed by atoms with E-state index in [9.17, 15) is 9.59 Å². The van der Waals surface area contributed by atoms with Gasteiger partial charge in [-0.3, -0.25) is 9.59 Å². The number of carbonyl (C=O) groups excluding carboxylic acids is 2. The molecule has 26 heavy (non-hydrogen) atoms. The van der Waals surface area contributed by atoms with Gasteiger partial charge < -0.3 is 14.8 Å². The van der Waals surface area contributed by atoms with E-state index in [0.717, 1.165) is 49.3 Å². The molecule has 6 heteroatoms. The number of likely N-dealkylation sites (N-methyl/N-ethyl adjacent to an activating group) is 1. The first-order valence-corrected chi connectivity index (χ1v) is 9.16. The van der Waals surface area contributed by atoms with E-state index in [0.29, 0.717) is 5.69 Å². The highest BCUT2D eigenvalue weighted by Crippen LogP contribution is 2.27. The first kappa shape index (κ1) is 18.2. The van der Waals surface area contributed by atoms with Crippen molar-refractivity contribution in [2.45, 2.75) is 45.2 Å². The van der Waals surface area contributed by atoms with Crippen LogP contribution in [0.15, 0.2) is 30.3 Å². The number of rotatable bonds is 4. The molecule has 0 radical (unpaired) electrons. The zero-order valence-corrected chi connectivity index (χ0v) is 15.7. The number of aromatic nitrogens is 2. The molecule has 2 amide bonds. The topological polar surface area (TPSA) is 67.2 Å². The Bertz CT molecular complexity index is 796. The number of imidazole rings is 1. The highest BCUT2D eigenvalue weighted by molar-refractivity contribution is 5.97. The number of carbonyl (C=O) groups is 2. The number of benzene rings is 1. The average molecular weight is 354 g/mol. The second-order valence-electron chi connectivity index (χ2n) is 6.99. The molecule has 2 heterocycles. The fourth-order valence-corrected chi connectivity index (χ4v) is 3.42. The predicted molar refractivity (Wildman–Crippen MR) is 101 cm³/mol. The van der Waals surface area contributed by atoms with Gasteiger partial charge in [0.05, 0.1) is 5.69 Å². The lowest BCUT2D eigenvalue weighted by molar-refractivity contribution is -0.130. The van der Waals surface area contributed by atoms with Crippen LogP contribution in [0.25, 0.3) is 11.4 Å². The number of nitrogens with one attached hydrogen (secondary N) is 1. The molecule has 1 N–H and O–H groups in total. The minimum Gasteiger partial charge on any atom is -0.347 e. The van der Waals surface area contributed by atoms with E-state index in [-0.39, 0.29) is 11.8 Å². The number of hydrogen-bond donors (Lipinski definition) is 1. The maximum absolute atomic E-state index is 12.9. The molecule has 0 unspecified atom stereocenters. The van der Waals surface area contributed by atoms with Gasteiger partial charge in [-0.05, 0) is 26.2 Å². The van der Waals surface area contributed by atoms with Gasteiger partial charge in [-0.15, -0.1) is 0 Å². The maximum Gasteiger partial charge on any atom is 0.272 e. The van der Waals surface area contributed by atoms with Gasteiger partial charge in [0.2, 0.25) is 5.91 Å². The molecule has 6 nitrogen and oxygen atoms in total. The Hall–Kier alpha value is -2.63. The molecule has 1 aliphatic heterocycles. The smallest absolute Gasteiger partial charge is 0.272 e. The van der Waals surface area contributed by atoms with E-state index in [2.05, 4.69) is 14.9 Å². The number of hydrogen-bond acceptors (Lipinski definition) is 3. The van der Waals surface area contributed by atoms with Gasteiger partial charge in [0.15, 0.2) is 0 Å². The Labute approximate surface area is 154 Å². The summed E-state index contributed by atoms with van der Waals surface area (Å²) in [4.78, 5) is 31.1. The molecule has 3 rings (SSSR count). The number of nitrogens with zero attached hydrogens (tertiary/aromatic N) is 3. The first-order chi connectivity index (χ1) is 12.5. The van der Waals surface area contributed by atoms with Gasteiger partial charge in [-0.25, -0.2) is 4.98 Å². The Morgan fingerprint density at radius 2 is 1.88 bits per heavy atom. The lowest BCUT2D eigenvalue weighted by atomic mass is 10.1. The lowest BCUT2D eigenvalue weighted by Gasteiger charge is -2.17. The molecule has 0 saturated carbocycles. The highest BCUT2D eigenvalue weighted by Gasteiger charge is 2.26. The van der Waals surface area contributed by atoms with Crippen LogP contribution in [0.3, 0.4) is 0 Å². The van der Waals surface area contributed by atoms with Gasteiger partial charge in [-0.1, -0.05) is 36.8 Å². The normalized spacial score (nSPS) is 14.9. The number of fused-ring (bicyclic) bond motifs is 1. The van der Waals surface area contributed by atoms with Crippen molar-refractivity contribution in [3.05, 3.63) is 41.7 Å². The third-order valence-corrected chi connectivity index (χ3v) is 4.77. The summed E-state index contributed by atoms with van der Waals surface area (Å²) in [7, 11) is 3.36. The summed E-state index contributed by atoms with van der Waals surface area (Å²) in [6.45, 7) is 2.57. The maximum atomic E-state index is 12.9. The Kier molecular flexibility index (Phi) is 5.40. The van der Waals surface area contributed by atoms with Crippen molar-refractivity contribution in [1.29, 1.82) is 0 Å². The summed E-state index contributed by atoms with van der Waals surface area (Å²) < 4.78 is 2.18. The molecule has 1 atom stereocenters. The van der Waals surface area contributed by atoms with Crippen molar-refractivity contribution in [1.82, 2.24) is 19.8 Å². The third kappa shape index (κ3) is 3.64. The quantitative estimate of drug-likeness (QED) is 0.917. The summed E-state index contributed by atoms with van der Waals surface area (Å²) in [6, 6.07) is 9.37. The van der Waals surface area contributed by atoms with Gasteiger partial charge in [-0.2, -0.15) is 0 Å². The Morgan fingerprint density at radius 1 is 1.15 bits per heavy atom. The summed E-state index contributed by atoms with van der Waals surface area (Å²) >= 11 is 0. The summed E-state index contributed by atoms with van der Waals surface area (Å²) in [5.41, 5.74) is 2.43. The first-order valence-electron chi connectivity index (χ1n) is 9.16. The molecule has 0 fully saturated rings. The third-order valence-electron chi connectivity index (χ3n) is 4.77. The van der Waals surface area contributed by atoms with Crippen LogP contribution in [0, 0.1) is 0 Å². The molecular weight excluding hydrogens is 328 g/mol. The molecule has 0 bridgehead atoms. The lowest BCUT2D eigenvalue weighted by Crippen LogP contribution is -2.44. The van der Waals surface area contributed by atoms with Crippen LogP contribution in [-0.2, 0) is 17.8 Å². The monoisotopic (exact) mass is 354 g/mol. The van der Waals surface area contributed by atoms with Gasteiger partial charge in [0.1, 0.15) is 17.6 Å². The van der Waals surface area contributed by atoms with Crippen molar-refractivity contribution < 1.29 is 9.59 Å². The standard InChI is InChI=1S/C20H26N4O2/c1-14(20(26)23(2)3)21-19(25)17-16-12-8-5-9-13-24(16)18(22-17)15-10-6-4-7-11-15/h4,6-7,10-11,14H,5,8-9,12-13H2,1-3H3,(H,21,25)/t14-/m0/s1. The van der Waals surface area contributed by atoms with Crippen molar-refractivity contribution in [2.75, 3.05) is 14.1 Å². The fourth-order valence-electron chi connectivity index (χ4n) is 3.42. The largest absolute Gasteiger partial charge is 0.347 e. The average Bonchev–Trinajstić information content (AvgIpc) is 2.83. The summed E-state index contributed by atoms with van der Waals surface area (Å²) in [5.74, 6) is 0.423. The van der Waals surface area contributed by atoms with E-state index >= 15 is 0 Å². The van der Waals surface area contributed by atoms with Crippen LogP contribution < -0.4 is 5.32 Å². The van der Waals surface area contributed by atoms with Crippen LogP contribution in [0.4, 0.5) is 0 Å². The predicted octanol–water partition coefficient (Wildman–Crippen LogP) is 2.48. The Morgan fingerprint density at radius 3 is 2.58 bits per heavy atom. The zero-order chi connectivity index (χ0) is 18.7. The van der Waals surface area contributed by atoms with Crippen molar-refractivity contribution in [2.24, 2.45) is 0 Å². The Balaban J connectivity index is 1.95.